The Balaban J connectivity index is 1.64. The summed E-state index contributed by atoms with van der Waals surface area (Å²) in [7, 11) is 1.65. The van der Waals surface area contributed by atoms with E-state index in [-0.39, 0.29) is 11.5 Å². The highest BCUT2D eigenvalue weighted by Crippen LogP contribution is 2.32. The third kappa shape index (κ3) is 2.87. The normalized spacial score (nSPS) is 11.2. The van der Waals surface area contributed by atoms with Crippen molar-refractivity contribution in [2.45, 2.75) is 13.8 Å². The fourth-order valence-corrected chi connectivity index (χ4v) is 5.24. The van der Waals surface area contributed by atoms with Gasteiger partial charge in [0, 0.05) is 17.3 Å². The lowest BCUT2D eigenvalue weighted by Crippen LogP contribution is -2.17. The SMILES string of the molecule is Cc1ccc(-c2csc(NC(=O)c3sc4ncn(C)c(=O)c4c3C)n2)s1. The Morgan fingerprint density at radius 3 is 2.77 bits per heavy atom. The Morgan fingerprint density at radius 1 is 1.23 bits per heavy atom. The Labute approximate surface area is 160 Å². The summed E-state index contributed by atoms with van der Waals surface area (Å²) in [6, 6.07) is 4.07. The molecule has 9 heteroatoms. The molecule has 0 aliphatic rings. The van der Waals surface area contributed by atoms with E-state index in [1.807, 2.05) is 24.4 Å². The van der Waals surface area contributed by atoms with Gasteiger partial charge >= 0.3 is 0 Å². The molecule has 4 heterocycles. The molecule has 0 atom stereocenters. The van der Waals surface area contributed by atoms with Gasteiger partial charge < -0.3 is 4.57 Å². The number of anilines is 1. The number of nitrogens with one attached hydrogen (secondary N) is 1. The van der Waals surface area contributed by atoms with Crippen LogP contribution in [0.2, 0.25) is 0 Å². The molecule has 0 saturated carbocycles. The van der Waals surface area contributed by atoms with Gasteiger partial charge in [-0.3, -0.25) is 14.9 Å². The first kappa shape index (κ1) is 17.1. The van der Waals surface area contributed by atoms with Crippen molar-refractivity contribution in [3.8, 4) is 10.6 Å². The van der Waals surface area contributed by atoms with Crippen LogP contribution in [0.15, 0.2) is 28.6 Å². The molecule has 0 aliphatic carbocycles. The zero-order chi connectivity index (χ0) is 18.4. The van der Waals surface area contributed by atoms with Crippen molar-refractivity contribution in [1.82, 2.24) is 14.5 Å². The molecule has 0 unspecified atom stereocenters. The molecule has 26 heavy (non-hydrogen) atoms. The molecule has 0 fully saturated rings. The van der Waals surface area contributed by atoms with Crippen LogP contribution in [-0.2, 0) is 7.05 Å². The quantitative estimate of drug-likeness (QED) is 0.561. The molecule has 4 aromatic heterocycles. The monoisotopic (exact) mass is 402 g/mol. The largest absolute Gasteiger partial charge is 0.302 e. The van der Waals surface area contributed by atoms with E-state index in [2.05, 4.69) is 15.3 Å². The van der Waals surface area contributed by atoms with Crippen molar-refractivity contribution in [3.63, 3.8) is 0 Å². The van der Waals surface area contributed by atoms with E-state index in [0.717, 1.165) is 10.6 Å². The molecule has 1 N–H and O–H groups in total. The van der Waals surface area contributed by atoms with Crippen molar-refractivity contribution >= 4 is 55.3 Å². The molecular weight excluding hydrogens is 388 g/mol. The van der Waals surface area contributed by atoms with Crippen LogP contribution >= 0.6 is 34.0 Å². The van der Waals surface area contributed by atoms with E-state index < -0.39 is 0 Å². The molecule has 1 amide bonds. The third-order valence-corrected chi connectivity index (χ3v) is 6.91. The van der Waals surface area contributed by atoms with Crippen LogP contribution < -0.4 is 10.9 Å². The maximum atomic E-state index is 12.7. The minimum absolute atomic E-state index is 0.146. The molecule has 4 aromatic rings. The zero-order valence-corrected chi connectivity index (χ0v) is 16.6. The second-order valence-electron chi connectivity index (χ2n) is 5.80. The summed E-state index contributed by atoms with van der Waals surface area (Å²) in [6.07, 6.45) is 1.47. The van der Waals surface area contributed by atoms with Gasteiger partial charge in [-0.1, -0.05) is 0 Å². The van der Waals surface area contributed by atoms with Gasteiger partial charge in [0.05, 0.1) is 27.2 Å². The standard InChI is InChI=1S/C17H14N4O2S3/c1-8-4-5-11(25-8)10-6-24-17(19-10)20-14(22)13-9(2)12-15(26-13)18-7-21(3)16(12)23/h4-7H,1-3H3,(H,19,20,22). The van der Waals surface area contributed by atoms with Crippen molar-refractivity contribution in [2.75, 3.05) is 5.32 Å². The topological polar surface area (TPSA) is 76.9 Å². The van der Waals surface area contributed by atoms with Crippen LogP contribution in [0.3, 0.4) is 0 Å². The summed E-state index contributed by atoms with van der Waals surface area (Å²) in [5.74, 6) is -0.268. The van der Waals surface area contributed by atoms with Gasteiger partial charge in [0.1, 0.15) is 4.83 Å². The Bertz CT molecular complexity index is 1200. The number of aromatic nitrogens is 3. The van der Waals surface area contributed by atoms with Crippen molar-refractivity contribution < 1.29 is 4.79 Å². The van der Waals surface area contributed by atoms with Crippen molar-refractivity contribution in [1.29, 1.82) is 0 Å². The van der Waals surface area contributed by atoms with Gasteiger partial charge in [0.15, 0.2) is 5.13 Å². The number of nitrogens with zero attached hydrogens (tertiary/aromatic N) is 3. The highest BCUT2D eigenvalue weighted by Gasteiger charge is 2.20. The van der Waals surface area contributed by atoms with Crippen molar-refractivity contribution in [2.24, 2.45) is 7.05 Å². The average Bonchev–Trinajstić information content (AvgIpc) is 3.30. The summed E-state index contributed by atoms with van der Waals surface area (Å²) >= 11 is 4.27. The number of hydrogen-bond acceptors (Lipinski definition) is 7. The first-order valence-corrected chi connectivity index (χ1v) is 10.2. The predicted octanol–water partition coefficient (Wildman–Crippen LogP) is 4.05. The van der Waals surface area contributed by atoms with E-state index in [1.165, 1.54) is 38.4 Å². The smallest absolute Gasteiger partial charge is 0.267 e. The molecule has 132 valence electrons. The Kier molecular flexibility index (Phi) is 4.22. The first-order chi connectivity index (χ1) is 12.4. The molecule has 4 rings (SSSR count). The van der Waals surface area contributed by atoms with Gasteiger partial charge in [-0.25, -0.2) is 9.97 Å². The maximum Gasteiger partial charge on any atom is 0.267 e. The number of hydrogen-bond donors (Lipinski definition) is 1. The van der Waals surface area contributed by atoms with Gasteiger partial charge in [0.2, 0.25) is 0 Å². The highest BCUT2D eigenvalue weighted by atomic mass is 32.1. The highest BCUT2D eigenvalue weighted by molar-refractivity contribution is 7.21. The molecular formula is C17H14N4O2S3. The lowest BCUT2D eigenvalue weighted by Gasteiger charge is -2.00. The van der Waals surface area contributed by atoms with E-state index in [1.54, 1.807) is 25.3 Å². The zero-order valence-electron chi connectivity index (χ0n) is 14.2. The number of thiophene rings is 2. The van der Waals surface area contributed by atoms with Crippen LogP contribution in [0.5, 0.6) is 0 Å². The number of rotatable bonds is 3. The molecule has 0 aromatic carbocycles. The van der Waals surface area contributed by atoms with Gasteiger partial charge in [0.25, 0.3) is 11.5 Å². The van der Waals surface area contributed by atoms with Gasteiger partial charge in [-0.15, -0.1) is 34.0 Å². The lowest BCUT2D eigenvalue weighted by molar-refractivity contribution is 0.103. The second-order valence-corrected chi connectivity index (χ2v) is 8.94. The van der Waals surface area contributed by atoms with Crippen LogP contribution in [0.4, 0.5) is 5.13 Å². The second kappa shape index (κ2) is 6.42. The van der Waals surface area contributed by atoms with Crippen LogP contribution in [-0.4, -0.2) is 20.4 Å². The number of amides is 1. The van der Waals surface area contributed by atoms with E-state index in [4.69, 9.17) is 0 Å². The third-order valence-electron chi connectivity index (χ3n) is 3.93. The van der Waals surface area contributed by atoms with Gasteiger partial charge in [-0.2, -0.15) is 0 Å². The fourth-order valence-electron chi connectivity index (χ4n) is 2.60. The number of carbonyl (C=O) groups excluding carboxylic acids is 1. The van der Waals surface area contributed by atoms with E-state index in [0.29, 0.717) is 25.8 Å². The molecule has 0 aliphatic heterocycles. The average molecular weight is 403 g/mol. The molecule has 0 radical (unpaired) electrons. The predicted molar refractivity (Wildman–Crippen MR) is 108 cm³/mol. The Morgan fingerprint density at radius 2 is 2.04 bits per heavy atom. The summed E-state index contributed by atoms with van der Waals surface area (Å²) < 4.78 is 1.42. The maximum absolute atomic E-state index is 12.7. The summed E-state index contributed by atoms with van der Waals surface area (Å²) in [6.45, 7) is 3.82. The summed E-state index contributed by atoms with van der Waals surface area (Å²) in [5, 5.41) is 5.80. The van der Waals surface area contributed by atoms with E-state index in [9.17, 15) is 9.59 Å². The lowest BCUT2D eigenvalue weighted by atomic mass is 10.2. The number of fused-ring (bicyclic) bond motifs is 1. The number of aryl methyl sites for hydroxylation is 3. The van der Waals surface area contributed by atoms with Crippen LogP contribution in [0.25, 0.3) is 20.8 Å². The molecule has 0 spiro atoms. The fraction of sp³-hybridized carbons (Fsp3) is 0.176. The Hall–Kier alpha value is -2.36. The minimum atomic E-state index is -0.268. The first-order valence-electron chi connectivity index (χ1n) is 7.72. The van der Waals surface area contributed by atoms with Crippen LogP contribution in [0.1, 0.15) is 20.1 Å². The van der Waals surface area contributed by atoms with Gasteiger partial charge in [-0.05, 0) is 31.5 Å². The summed E-state index contributed by atoms with van der Waals surface area (Å²) in [4.78, 5) is 37.1. The molecule has 6 nitrogen and oxygen atoms in total. The minimum Gasteiger partial charge on any atom is -0.302 e. The van der Waals surface area contributed by atoms with Crippen LogP contribution in [0, 0.1) is 13.8 Å². The van der Waals surface area contributed by atoms with E-state index >= 15 is 0 Å². The molecule has 0 saturated heterocycles. The van der Waals surface area contributed by atoms with Crippen molar-refractivity contribution in [3.05, 3.63) is 49.5 Å². The number of thiazole rings is 1. The number of carbonyl (C=O) groups is 1. The molecule has 0 bridgehead atoms. The summed E-state index contributed by atoms with van der Waals surface area (Å²) in [5.41, 5.74) is 1.36.